The number of rotatable bonds is 6. The van der Waals surface area contributed by atoms with Crippen molar-refractivity contribution < 1.29 is 14.3 Å². The maximum Gasteiger partial charge on any atom is 0.337 e. The predicted octanol–water partition coefficient (Wildman–Crippen LogP) is 4.21. The highest BCUT2D eigenvalue weighted by Gasteiger charge is 2.22. The lowest BCUT2D eigenvalue weighted by molar-refractivity contribution is 0.0600. The Morgan fingerprint density at radius 1 is 1.00 bits per heavy atom. The zero-order valence-electron chi connectivity index (χ0n) is 18.3. The number of halogens is 1. The van der Waals surface area contributed by atoms with Crippen molar-refractivity contribution in [3.63, 3.8) is 0 Å². The predicted molar refractivity (Wildman–Crippen MR) is 132 cm³/mol. The molecule has 1 amide bonds. The zero-order chi connectivity index (χ0) is 23.2. The quantitative estimate of drug-likeness (QED) is 0.502. The fraction of sp³-hybridized carbons (Fsp3) is 0.240. The largest absolute Gasteiger partial charge is 0.465 e. The molecule has 8 heteroatoms. The number of nitrogens with one attached hydrogen (secondary N) is 1. The number of amides is 1. The van der Waals surface area contributed by atoms with Gasteiger partial charge in [0.05, 0.1) is 29.6 Å². The first-order valence-corrected chi connectivity index (χ1v) is 11.5. The Hall–Kier alpha value is -3.23. The van der Waals surface area contributed by atoms with Gasteiger partial charge in [-0.3, -0.25) is 14.7 Å². The van der Waals surface area contributed by atoms with Crippen LogP contribution in [-0.2, 0) is 11.3 Å². The van der Waals surface area contributed by atoms with Gasteiger partial charge in [-0.2, -0.15) is 0 Å². The number of nitrogens with zero attached hydrogens (tertiary/aromatic N) is 3. The summed E-state index contributed by atoms with van der Waals surface area (Å²) in [5.74, 6) is -0.747. The van der Waals surface area contributed by atoms with Crippen LogP contribution in [0.15, 0.2) is 71.5 Å². The topological polar surface area (TPSA) is 74.8 Å². The standard InChI is InChI=1S/C25H25BrN4O3/c1-33-25(32)19-7-8-23(22(14-19)28-24(31)20-13-21(26)16-27-15-20)30-11-9-29(10-12-30)17-18-5-3-2-4-6-18/h2-8,13-16H,9-12,17H2,1H3,(H,28,31). The molecule has 1 aromatic heterocycles. The zero-order valence-corrected chi connectivity index (χ0v) is 19.9. The van der Waals surface area contributed by atoms with Crippen molar-refractivity contribution in [2.45, 2.75) is 6.54 Å². The number of esters is 1. The van der Waals surface area contributed by atoms with Crippen molar-refractivity contribution in [3.05, 3.63) is 88.2 Å². The van der Waals surface area contributed by atoms with E-state index in [4.69, 9.17) is 4.74 Å². The first kappa shape index (κ1) is 22.9. The van der Waals surface area contributed by atoms with Crippen LogP contribution in [-0.4, -0.2) is 55.0 Å². The summed E-state index contributed by atoms with van der Waals surface area (Å²) in [5, 5.41) is 2.96. The Morgan fingerprint density at radius 3 is 2.45 bits per heavy atom. The van der Waals surface area contributed by atoms with E-state index in [1.54, 1.807) is 24.4 Å². The molecule has 0 aliphatic carbocycles. The lowest BCUT2D eigenvalue weighted by Gasteiger charge is -2.37. The van der Waals surface area contributed by atoms with Crippen LogP contribution in [0.5, 0.6) is 0 Å². The van der Waals surface area contributed by atoms with Crippen LogP contribution >= 0.6 is 15.9 Å². The van der Waals surface area contributed by atoms with Gasteiger partial charge in [0, 0.05) is 49.6 Å². The van der Waals surface area contributed by atoms with Gasteiger partial charge in [-0.15, -0.1) is 0 Å². The minimum atomic E-state index is -0.450. The van der Waals surface area contributed by atoms with E-state index >= 15 is 0 Å². The summed E-state index contributed by atoms with van der Waals surface area (Å²) < 4.78 is 5.58. The minimum absolute atomic E-state index is 0.297. The number of piperazine rings is 1. The highest BCUT2D eigenvalue weighted by Crippen LogP contribution is 2.29. The summed E-state index contributed by atoms with van der Waals surface area (Å²) >= 11 is 3.35. The van der Waals surface area contributed by atoms with Crippen molar-refractivity contribution in [2.75, 3.05) is 43.5 Å². The minimum Gasteiger partial charge on any atom is -0.465 e. The maximum absolute atomic E-state index is 12.9. The van der Waals surface area contributed by atoms with Crippen molar-refractivity contribution in [1.82, 2.24) is 9.88 Å². The molecule has 4 rings (SSSR count). The number of hydrogen-bond donors (Lipinski definition) is 1. The molecular weight excluding hydrogens is 484 g/mol. The lowest BCUT2D eigenvalue weighted by Crippen LogP contribution is -2.46. The lowest BCUT2D eigenvalue weighted by atomic mass is 10.1. The van der Waals surface area contributed by atoms with E-state index in [2.05, 4.69) is 60.3 Å². The molecule has 0 saturated carbocycles. The van der Waals surface area contributed by atoms with Crippen LogP contribution in [0, 0.1) is 0 Å². The van der Waals surface area contributed by atoms with Crippen molar-refractivity contribution >= 4 is 39.2 Å². The molecule has 33 heavy (non-hydrogen) atoms. The molecule has 0 unspecified atom stereocenters. The summed E-state index contributed by atoms with van der Waals surface area (Å²) in [4.78, 5) is 33.7. The number of pyridine rings is 1. The van der Waals surface area contributed by atoms with E-state index in [0.717, 1.165) is 38.4 Å². The molecule has 0 atom stereocenters. The number of carbonyl (C=O) groups excluding carboxylic acids is 2. The molecule has 2 heterocycles. The van der Waals surface area contributed by atoms with E-state index in [-0.39, 0.29) is 5.91 Å². The highest BCUT2D eigenvalue weighted by molar-refractivity contribution is 9.10. The van der Waals surface area contributed by atoms with Gasteiger partial charge in [0.15, 0.2) is 0 Å². The second kappa shape index (κ2) is 10.6. The first-order valence-electron chi connectivity index (χ1n) is 10.7. The maximum atomic E-state index is 12.9. The average Bonchev–Trinajstić information content (AvgIpc) is 2.85. The third-order valence-electron chi connectivity index (χ3n) is 5.59. The summed E-state index contributed by atoms with van der Waals surface area (Å²) in [6.45, 7) is 4.33. The van der Waals surface area contributed by atoms with Gasteiger partial charge in [0.1, 0.15) is 0 Å². The fourth-order valence-corrected chi connectivity index (χ4v) is 4.24. The van der Waals surface area contributed by atoms with E-state index in [1.165, 1.54) is 18.9 Å². The second-order valence-electron chi connectivity index (χ2n) is 7.82. The SMILES string of the molecule is COC(=O)c1ccc(N2CCN(Cc3ccccc3)CC2)c(NC(=O)c2cncc(Br)c2)c1. The van der Waals surface area contributed by atoms with E-state index in [9.17, 15) is 9.59 Å². The molecule has 7 nitrogen and oxygen atoms in total. The van der Waals surface area contributed by atoms with Gasteiger partial charge in [0.25, 0.3) is 5.91 Å². The summed E-state index contributed by atoms with van der Waals surface area (Å²) in [6.07, 6.45) is 3.13. The van der Waals surface area contributed by atoms with Crippen molar-refractivity contribution in [1.29, 1.82) is 0 Å². The van der Waals surface area contributed by atoms with Crippen LogP contribution in [0.2, 0.25) is 0 Å². The van der Waals surface area contributed by atoms with Crippen LogP contribution < -0.4 is 10.2 Å². The number of anilines is 2. The van der Waals surface area contributed by atoms with Gasteiger partial charge >= 0.3 is 5.97 Å². The molecular formula is C25H25BrN4O3. The second-order valence-corrected chi connectivity index (χ2v) is 8.73. The average molecular weight is 509 g/mol. The molecule has 0 bridgehead atoms. The summed E-state index contributed by atoms with van der Waals surface area (Å²) in [7, 11) is 1.34. The summed E-state index contributed by atoms with van der Waals surface area (Å²) in [6, 6.07) is 17.4. The Bertz CT molecular complexity index is 1130. The first-order chi connectivity index (χ1) is 16.0. The van der Waals surface area contributed by atoms with Crippen LogP contribution in [0.25, 0.3) is 0 Å². The highest BCUT2D eigenvalue weighted by atomic mass is 79.9. The number of hydrogen-bond acceptors (Lipinski definition) is 6. The molecule has 0 spiro atoms. The number of aromatic nitrogens is 1. The van der Waals surface area contributed by atoms with Gasteiger partial charge in [-0.1, -0.05) is 30.3 Å². The molecule has 170 valence electrons. The Balaban J connectivity index is 1.52. The molecule has 1 aliphatic rings. The molecule has 2 aromatic carbocycles. The molecule has 1 fully saturated rings. The number of ether oxygens (including phenoxy) is 1. The molecule has 1 N–H and O–H groups in total. The molecule has 1 aliphatic heterocycles. The molecule has 3 aromatic rings. The van der Waals surface area contributed by atoms with Gasteiger partial charge < -0.3 is 15.0 Å². The summed E-state index contributed by atoms with van der Waals surface area (Å²) in [5.41, 5.74) is 3.54. The van der Waals surface area contributed by atoms with E-state index in [0.29, 0.717) is 21.3 Å². The Kier molecular flexibility index (Phi) is 7.36. The van der Waals surface area contributed by atoms with Crippen LogP contribution in [0.3, 0.4) is 0 Å². The van der Waals surface area contributed by atoms with E-state index in [1.807, 2.05) is 12.1 Å². The van der Waals surface area contributed by atoms with Crippen LogP contribution in [0.1, 0.15) is 26.3 Å². The van der Waals surface area contributed by atoms with Gasteiger partial charge in [0.2, 0.25) is 0 Å². The number of carbonyl (C=O) groups is 2. The Morgan fingerprint density at radius 2 is 1.76 bits per heavy atom. The molecule has 1 saturated heterocycles. The van der Waals surface area contributed by atoms with Crippen molar-refractivity contribution in [3.8, 4) is 0 Å². The molecule has 0 radical (unpaired) electrons. The number of benzene rings is 2. The van der Waals surface area contributed by atoms with Crippen LogP contribution in [0.4, 0.5) is 11.4 Å². The van der Waals surface area contributed by atoms with Gasteiger partial charge in [-0.25, -0.2) is 4.79 Å². The van der Waals surface area contributed by atoms with Crippen molar-refractivity contribution in [2.24, 2.45) is 0 Å². The van der Waals surface area contributed by atoms with E-state index < -0.39 is 5.97 Å². The number of methoxy groups -OCH3 is 1. The Labute approximate surface area is 201 Å². The monoisotopic (exact) mass is 508 g/mol. The van der Waals surface area contributed by atoms with Gasteiger partial charge in [-0.05, 0) is 45.8 Å². The third-order valence-corrected chi connectivity index (χ3v) is 6.03. The normalized spacial score (nSPS) is 14.1. The fourth-order valence-electron chi connectivity index (χ4n) is 3.88. The smallest absolute Gasteiger partial charge is 0.337 e. The third kappa shape index (κ3) is 5.77.